The van der Waals surface area contributed by atoms with E-state index in [0.29, 0.717) is 6.42 Å². The van der Waals surface area contributed by atoms with Crippen LogP contribution >= 0.6 is 0 Å². The number of halogens is 1. The van der Waals surface area contributed by atoms with Gasteiger partial charge in [-0.25, -0.2) is 9.59 Å². The summed E-state index contributed by atoms with van der Waals surface area (Å²) in [4.78, 5) is 34.9. The van der Waals surface area contributed by atoms with Crippen molar-refractivity contribution in [1.29, 1.82) is 0 Å². The van der Waals surface area contributed by atoms with Crippen LogP contribution in [0.2, 0.25) is 0 Å². The molecule has 0 bridgehead atoms. The number of hydrogen-bond donors (Lipinski definition) is 1. The highest BCUT2D eigenvalue weighted by Gasteiger charge is 2.29. The molecule has 1 saturated heterocycles. The van der Waals surface area contributed by atoms with E-state index in [4.69, 9.17) is 0 Å². The number of hydrogen-bond acceptors (Lipinski definition) is 4. The Bertz CT molecular complexity index is 518. The summed E-state index contributed by atoms with van der Waals surface area (Å²) in [6, 6.07) is -0.844. The number of carbonyl (C=O) groups is 1. The van der Waals surface area contributed by atoms with Crippen LogP contribution in [0.25, 0.3) is 0 Å². The van der Waals surface area contributed by atoms with Crippen LogP contribution in [0.1, 0.15) is 12.5 Å². The zero-order chi connectivity index (χ0) is 11.0. The van der Waals surface area contributed by atoms with E-state index >= 15 is 0 Å². The van der Waals surface area contributed by atoms with Crippen molar-refractivity contribution >= 4 is 5.97 Å². The molecule has 0 unspecified atom stereocenters. The van der Waals surface area contributed by atoms with Gasteiger partial charge < -0.3 is 4.74 Å². The highest BCUT2D eigenvalue weighted by atomic mass is 19.1. The Kier molecular flexibility index (Phi) is 2.14. The van der Waals surface area contributed by atoms with Gasteiger partial charge in [-0.1, -0.05) is 0 Å². The number of cyclic esters (lactones) is 1. The molecule has 1 aromatic heterocycles. The second-order valence-corrected chi connectivity index (χ2v) is 3.12. The van der Waals surface area contributed by atoms with Crippen molar-refractivity contribution < 1.29 is 13.9 Å². The predicted molar refractivity (Wildman–Crippen MR) is 45.9 cm³/mol. The van der Waals surface area contributed by atoms with Crippen LogP contribution in [0, 0.1) is 5.82 Å². The summed E-state index contributed by atoms with van der Waals surface area (Å²) in [6.45, 7) is 0.191. The summed E-state index contributed by atoms with van der Waals surface area (Å²) in [7, 11) is 0. The normalized spacial score (nSPS) is 20.3. The predicted octanol–water partition coefficient (Wildman–Crippen LogP) is -0.836. The van der Waals surface area contributed by atoms with Gasteiger partial charge in [-0.05, 0) is 0 Å². The van der Waals surface area contributed by atoms with Crippen LogP contribution in [0.4, 0.5) is 4.39 Å². The molecule has 0 aliphatic carbocycles. The maximum atomic E-state index is 12.9. The summed E-state index contributed by atoms with van der Waals surface area (Å²) in [5, 5.41) is 0. The monoisotopic (exact) mass is 214 g/mol. The lowest BCUT2D eigenvalue weighted by atomic mass is 10.2. The summed E-state index contributed by atoms with van der Waals surface area (Å²) in [5.74, 6) is -1.70. The number of rotatable bonds is 1. The van der Waals surface area contributed by atoms with Gasteiger partial charge >= 0.3 is 11.7 Å². The maximum absolute atomic E-state index is 12.9. The van der Waals surface area contributed by atoms with E-state index in [0.717, 1.165) is 10.8 Å². The first-order chi connectivity index (χ1) is 7.09. The fraction of sp³-hybridized carbons (Fsp3) is 0.375. The fourth-order valence-corrected chi connectivity index (χ4v) is 1.43. The molecular formula is C8H7FN2O4. The minimum absolute atomic E-state index is 0.191. The molecule has 6 nitrogen and oxygen atoms in total. The fourth-order valence-electron chi connectivity index (χ4n) is 1.43. The number of nitrogens with zero attached hydrogens (tertiary/aromatic N) is 1. The number of H-pyrrole nitrogens is 1. The molecule has 1 aliphatic heterocycles. The Morgan fingerprint density at radius 1 is 1.47 bits per heavy atom. The zero-order valence-electron chi connectivity index (χ0n) is 7.53. The Balaban J connectivity index is 2.53. The molecule has 0 saturated carbocycles. The molecule has 80 valence electrons. The first-order valence-corrected chi connectivity index (χ1v) is 4.27. The number of aromatic nitrogens is 2. The van der Waals surface area contributed by atoms with Crippen LogP contribution in [0.15, 0.2) is 15.8 Å². The number of ether oxygens (including phenoxy) is 1. The maximum Gasteiger partial charge on any atom is 0.329 e. The topological polar surface area (TPSA) is 81.2 Å². The standard InChI is InChI=1S/C8H7FN2O4/c9-4-3-11(8(14)10-6(4)12)5-1-2-15-7(5)13/h3,5H,1-2H2,(H,10,12,14)/t5-/m1/s1. The minimum atomic E-state index is -1.10. The first kappa shape index (κ1) is 9.63. The summed E-state index contributed by atoms with van der Waals surface area (Å²) in [5.41, 5.74) is -1.91. The van der Waals surface area contributed by atoms with E-state index in [9.17, 15) is 18.8 Å². The van der Waals surface area contributed by atoms with Crippen molar-refractivity contribution in [2.45, 2.75) is 12.5 Å². The van der Waals surface area contributed by atoms with E-state index in [1.54, 1.807) is 4.98 Å². The van der Waals surface area contributed by atoms with Gasteiger partial charge in [-0.3, -0.25) is 14.3 Å². The number of carbonyl (C=O) groups excluding carboxylic acids is 1. The van der Waals surface area contributed by atoms with Crippen molar-refractivity contribution in [2.24, 2.45) is 0 Å². The van der Waals surface area contributed by atoms with Gasteiger partial charge in [0.05, 0.1) is 12.8 Å². The number of nitrogens with one attached hydrogen (secondary N) is 1. The summed E-state index contributed by atoms with van der Waals surface area (Å²) >= 11 is 0. The van der Waals surface area contributed by atoms with Crippen LogP contribution in [-0.4, -0.2) is 22.1 Å². The van der Waals surface area contributed by atoms with Gasteiger partial charge in [0.1, 0.15) is 6.04 Å². The number of aromatic amines is 1. The van der Waals surface area contributed by atoms with E-state index in [1.807, 2.05) is 0 Å². The minimum Gasteiger partial charge on any atom is -0.464 e. The van der Waals surface area contributed by atoms with E-state index in [1.165, 1.54) is 0 Å². The summed E-state index contributed by atoms with van der Waals surface area (Å²) in [6.07, 6.45) is 1.02. The molecular weight excluding hydrogens is 207 g/mol. The molecule has 1 fully saturated rings. The molecule has 7 heteroatoms. The van der Waals surface area contributed by atoms with E-state index in [2.05, 4.69) is 4.74 Å². The molecule has 1 N–H and O–H groups in total. The second kappa shape index (κ2) is 3.34. The highest BCUT2D eigenvalue weighted by Crippen LogP contribution is 2.17. The van der Waals surface area contributed by atoms with E-state index in [-0.39, 0.29) is 6.61 Å². The van der Waals surface area contributed by atoms with Gasteiger partial charge in [0.15, 0.2) is 0 Å². The molecule has 0 amide bonds. The lowest BCUT2D eigenvalue weighted by molar-refractivity contribution is -0.140. The van der Waals surface area contributed by atoms with Crippen molar-refractivity contribution in [3.05, 3.63) is 32.9 Å². The molecule has 1 atom stereocenters. The van der Waals surface area contributed by atoms with Gasteiger partial charge in [0, 0.05) is 6.42 Å². The smallest absolute Gasteiger partial charge is 0.329 e. The Morgan fingerprint density at radius 3 is 2.80 bits per heavy atom. The van der Waals surface area contributed by atoms with Gasteiger partial charge in [0.25, 0.3) is 5.56 Å². The van der Waals surface area contributed by atoms with Crippen molar-refractivity contribution in [3.63, 3.8) is 0 Å². The largest absolute Gasteiger partial charge is 0.464 e. The molecule has 0 aromatic carbocycles. The third kappa shape index (κ3) is 1.56. The van der Waals surface area contributed by atoms with Gasteiger partial charge in [-0.2, -0.15) is 4.39 Å². The average molecular weight is 214 g/mol. The Morgan fingerprint density at radius 2 is 2.20 bits per heavy atom. The summed E-state index contributed by atoms with van der Waals surface area (Å²) < 4.78 is 18.4. The molecule has 2 heterocycles. The quantitative estimate of drug-likeness (QED) is 0.618. The lowest BCUT2D eigenvalue weighted by Crippen LogP contribution is -2.35. The van der Waals surface area contributed by atoms with Crippen LogP contribution in [0.5, 0.6) is 0 Å². The van der Waals surface area contributed by atoms with Gasteiger partial charge in [0.2, 0.25) is 5.82 Å². The van der Waals surface area contributed by atoms with Crippen LogP contribution in [0.3, 0.4) is 0 Å². The Hall–Kier alpha value is -1.92. The average Bonchev–Trinajstić information content (AvgIpc) is 2.58. The third-order valence-corrected chi connectivity index (χ3v) is 2.17. The first-order valence-electron chi connectivity index (χ1n) is 4.27. The van der Waals surface area contributed by atoms with Crippen molar-refractivity contribution in [3.8, 4) is 0 Å². The molecule has 1 aromatic rings. The zero-order valence-corrected chi connectivity index (χ0v) is 7.53. The lowest BCUT2D eigenvalue weighted by Gasteiger charge is -2.08. The SMILES string of the molecule is O=C1OCC[C@H]1n1cc(F)c(=O)[nH]c1=O. The van der Waals surface area contributed by atoms with Crippen molar-refractivity contribution in [2.75, 3.05) is 6.61 Å². The second-order valence-electron chi connectivity index (χ2n) is 3.12. The highest BCUT2D eigenvalue weighted by molar-refractivity contribution is 5.75. The van der Waals surface area contributed by atoms with Gasteiger partial charge in [-0.15, -0.1) is 0 Å². The molecule has 15 heavy (non-hydrogen) atoms. The van der Waals surface area contributed by atoms with Crippen LogP contribution in [-0.2, 0) is 9.53 Å². The molecule has 0 radical (unpaired) electrons. The third-order valence-electron chi connectivity index (χ3n) is 2.17. The molecule has 1 aliphatic rings. The Labute approximate surface area is 82.3 Å². The number of esters is 1. The van der Waals surface area contributed by atoms with Crippen LogP contribution < -0.4 is 11.2 Å². The molecule has 0 spiro atoms. The van der Waals surface area contributed by atoms with Crippen molar-refractivity contribution in [1.82, 2.24) is 9.55 Å². The van der Waals surface area contributed by atoms with E-state index < -0.39 is 29.1 Å². The molecule has 2 rings (SSSR count).